The van der Waals surface area contributed by atoms with E-state index in [1.54, 1.807) is 0 Å². The van der Waals surface area contributed by atoms with Crippen molar-refractivity contribution < 1.29 is 8.42 Å². The van der Waals surface area contributed by atoms with Crippen LogP contribution in [0, 0.1) is 0 Å². The molecule has 0 amide bonds. The lowest BCUT2D eigenvalue weighted by atomic mass is 10.1. The van der Waals surface area contributed by atoms with Crippen LogP contribution in [0.4, 0.5) is 0 Å². The lowest BCUT2D eigenvalue weighted by Gasteiger charge is -2.17. The van der Waals surface area contributed by atoms with E-state index in [0.29, 0.717) is 0 Å². The van der Waals surface area contributed by atoms with Crippen molar-refractivity contribution in [1.29, 1.82) is 0 Å². The van der Waals surface area contributed by atoms with Crippen molar-refractivity contribution in [3.05, 3.63) is 35.4 Å². The van der Waals surface area contributed by atoms with E-state index < -0.39 is 10.0 Å². The summed E-state index contributed by atoms with van der Waals surface area (Å²) < 4.78 is 26.6. The summed E-state index contributed by atoms with van der Waals surface area (Å²) in [5.41, 5.74) is 2.17. The molecule has 0 radical (unpaired) electrons. The number of halogens is 1. The van der Waals surface area contributed by atoms with Gasteiger partial charge < -0.3 is 0 Å². The highest BCUT2D eigenvalue weighted by Gasteiger charge is 2.40. The van der Waals surface area contributed by atoms with Gasteiger partial charge in [0.1, 0.15) is 0 Å². The van der Waals surface area contributed by atoms with Gasteiger partial charge in [0.2, 0.25) is 10.0 Å². The molecule has 2 atom stereocenters. The van der Waals surface area contributed by atoms with Crippen LogP contribution in [0.2, 0.25) is 0 Å². The zero-order valence-corrected chi connectivity index (χ0v) is 10.8. The SMILES string of the molecule is O=S(=O)(NC1c2ccccc2CC1Cl)C1CC1. The minimum Gasteiger partial charge on any atom is -0.212 e. The molecule has 17 heavy (non-hydrogen) atoms. The zero-order chi connectivity index (χ0) is 12.0. The van der Waals surface area contributed by atoms with E-state index in [9.17, 15) is 8.42 Å². The summed E-state index contributed by atoms with van der Waals surface area (Å²) >= 11 is 6.25. The van der Waals surface area contributed by atoms with Gasteiger partial charge in [-0.3, -0.25) is 0 Å². The molecule has 1 saturated carbocycles. The minimum atomic E-state index is -3.18. The average Bonchev–Trinajstić information content (AvgIpc) is 3.07. The van der Waals surface area contributed by atoms with E-state index in [2.05, 4.69) is 4.72 Å². The third kappa shape index (κ3) is 2.09. The van der Waals surface area contributed by atoms with Gasteiger partial charge in [0, 0.05) is 0 Å². The van der Waals surface area contributed by atoms with Crippen molar-refractivity contribution in [2.75, 3.05) is 0 Å². The van der Waals surface area contributed by atoms with E-state index >= 15 is 0 Å². The van der Waals surface area contributed by atoms with E-state index in [4.69, 9.17) is 11.6 Å². The van der Waals surface area contributed by atoms with Gasteiger partial charge in [0.05, 0.1) is 16.7 Å². The fraction of sp³-hybridized carbons (Fsp3) is 0.500. The highest BCUT2D eigenvalue weighted by molar-refractivity contribution is 7.90. The number of alkyl halides is 1. The van der Waals surface area contributed by atoms with Crippen LogP contribution in [0.25, 0.3) is 0 Å². The molecule has 1 N–H and O–H groups in total. The second-order valence-corrected chi connectivity index (χ2v) is 7.31. The Bertz CT molecular complexity index is 539. The second-order valence-electron chi connectivity index (χ2n) is 4.76. The Hall–Kier alpha value is -0.580. The molecule has 2 aliphatic carbocycles. The van der Waals surface area contributed by atoms with Crippen molar-refractivity contribution in [3.63, 3.8) is 0 Å². The van der Waals surface area contributed by atoms with E-state index in [0.717, 1.165) is 30.4 Å². The summed E-state index contributed by atoms with van der Waals surface area (Å²) in [5.74, 6) is 0. The molecule has 0 heterocycles. The average molecular weight is 272 g/mol. The van der Waals surface area contributed by atoms with Gasteiger partial charge in [0.15, 0.2) is 0 Å². The van der Waals surface area contributed by atoms with Crippen LogP contribution in [-0.4, -0.2) is 19.0 Å². The molecule has 92 valence electrons. The number of benzene rings is 1. The van der Waals surface area contributed by atoms with Gasteiger partial charge >= 0.3 is 0 Å². The smallest absolute Gasteiger partial charge is 0.212 e. The first-order chi connectivity index (χ1) is 8.08. The van der Waals surface area contributed by atoms with Crippen LogP contribution >= 0.6 is 11.6 Å². The highest BCUT2D eigenvalue weighted by Crippen LogP contribution is 2.37. The summed E-state index contributed by atoms with van der Waals surface area (Å²) in [6.07, 6.45) is 2.28. The minimum absolute atomic E-state index is 0.180. The van der Waals surface area contributed by atoms with E-state index in [1.165, 1.54) is 0 Å². The quantitative estimate of drug-likeness (QED) is 0.855. The first kappa shape index (κ1) is 11.5. The van der Waals surface area contributed by atoms with E-state index in [-0.39, 0.29) is 16.7 Å². The molecule has 0 saturated heterocycles. The normalized spacial score (nSPS) is 28.1. The number of hydrogen-bond donors (Lipinski definition) is 1. The molecule has 3 rings (SSSR count). The van der Waals surface area contributed by atoms with Gasteiger partial charge in [-0.15, -0.1) is 11.6 Å². The number of sulfonamides is 1. The Labute approximate surface area is 106 Å². The Morgan fingerprint density at radius 3 is 2.65 bits per heavy atom. The van der Waals surface area contributed by atoms with Crippen molar-refractivity contribution in [1.82, 2.24) is 4.72 Å². The maximum absolute atomic E-state index is 11.9. The molecular formula is C12H14ClNO2S. The molecule has 2 aliphatic rings. The van der Waals surface area contributed by atoms with Crippen LogP contribution in [0.15, 0.2) is 24.3 Å². The fourth-order valence-electron chi connectivity index (χ4n) is 2.34. The molecule has 2 unspecified atom stereocenters. The molecule has 5 heteroatoms. The largest absolute Gasteiger partial charge is 0.215 e. The van der Waals surface area contributed by atoms with Crippen LogP contribution in [-0.2, 0) is 16.4 Å². The molecule has 1 fully saturated rings. The van der Waals surface area contributed by atoms with Crippen molar-refractivity contribution in [3.8, 4) is 0 Å². The highest BCUT2D eigenvalue weighted by atomic mass is 35.5. The summed E-state index contributed by atoms with van der Waals surface area (Å²) in [5, 5.41) is -0.375. The standard InChI is InChI=1S/C12H14ClNO2S/c13-11-7-8-3-1-2-4-10(8)12(11)14-17(15,16)9-5-6-9/h1-4,9,11-12,14H,5-7H2. The Morgan fingerprint density at radius 2 is 1.94 bits per heavy atom. The summed E-state index contributed by atoms with van der Waals surface area (Å²) in [6, 6.07) is 7.58. The maximum atomic E-state index is 11.9. The first-order valence-corrected chi connectivity index (χ1v) is 7.79. The van der Waals surface area contributed by atoms with Crippen molar-refractivity contribution >= 4 is 21.6 Å². The van der Waals surface area contributed by atoms with Gasteiger partial charge in [-0.05, 0) is 30.4 Å². The Kier molecular flexibility index (Phi) is 2.69. The third-order valence-electron chi connectivity index (χ3n) is 3.42. The first-order valence-electron chi connectivity index (χ1n) is 5.81. The lowest BCUT2D eigenvalue weighted by molar-refractivity contribution is 0.555. The summed E-state index contributed by atoms with van der Waals surface area (Å²) in [7, 11) is -3.18. The molecule has 3 nitrogen and oxygen atoms in total. The van der Waals surface area contributed by atoms with Gasteiger partial charge in [-0.1, -0.05) is 24.3 Å². The molecule has 0 spiro atoms. The number of fused-ring (bicyclic) bond motifs is 1. The molecule has 0 bridgehead atoms. The third-order valence-corrected chi connectivity index (χ3v) is 5.76. The van der Waals surface area contributed by atoms with Crippen LogP contribution in [0.1, 0.15) is 30.0 Å². The monoisotopic (exact) mass is 271 g/mol. The van der Waals surface area contributed by atoms with Crippen LogP contribution < -0.4 is 4.72 Å². The predicted molar refractivity (Wildman–Crippen MR) is 67.6 cm³/mol. The number of hydrogen-bond acceptors (Lipinski definition) is 2. The Morgan fingerprint density at radius 1 is 1.24 bits per heavy atom. The van der Waals surface area contributed by atoms with Crippen LogP contribution in [0.3, 0.4) is 0 Å². The van der Waals surface area contributed by atoms with Gasteiger partial charge in [0.25, 0.3) is 0 Å². The van der Waals surface area contributed by atoms with Gasteiger partial charge in [-0.2, -0.15) is 0 Å². The van der Waals surface area contributed by atoms with Crippen LogP contribution in [0.5, 0.6) is 0 Å². The molecule has 0 aliphatic heterocycles. The maximum Gasteiger partial charge on any atom is 0.215 e. The molecule has 1 aromatic carbocycles. The van der Waals surface area contributed by atoms with Crippen molar-refractivity contribution in [2.45, 2.75) is 35.9 Å². The number of nitrogens with one attached hydrogen (secondary N) is 1. The molecule has 1 aromatic rings. The summed E-state index contributed by atoms with van der Waals surface area (Å²) in [4.78, 5) is 0. The second kappa shape index (κ2) is 3.97. The lowest BCUT2D eigenvalue weighted by Crippen LogP contribution is -2.34. The van der Waals surface area contributed by atoms with Gasteiger partial charge in [-0.25, -0.2) is 13.1 Å². The number of rotatable bonds is 3. The summed E-state index contributed by atoms with van der Waals surface area (Å²) in [6.45, 7) is 0. The topological polar surface area (TPSA) is 46.2 Å². The Balaban J connectivity index is 1.88. The fourth-order valence-corrected chi connectivity index (χ4v) is 4.37. The zero-order valence-electron chi connectivity index (χ0n) is 9.27. The molecular weight excluding hydrogens is 258 g/mol. The van der Waals surface area contributed by atoms with Crippen molar-refractivity contribution in [2.24, 2.45) is 0 Å². The van der Waals surface area contributed by atoms with E-state index in [1.807, 2.05) is 24.3 Å². The molecule has 0 aromatic heterocycles. The predicted octanol–water partition coefficient (Wildman–Crippen LogP) is 1.97.